The van der Waals surface area contributed by atoms with Crippen molar-refractivity contribution in [3.8, 4) is 0 Å². The molecule has 2 atom stereocenters. The van der Waals surface area contributed by atoms with Crippen LogP contribution >= 0.6 is 0 Å². The minimum atomic E-state index is -0.374. The highest BCUT2D eigenvalue weighted by Crippen LogP contribution is 2.48. The van der Waals surface area contributed by atoms with Crippen molar-refractivity contribution in [2.45, 2.75) is 25.2 Å². The zero-order valence-corrected chi connectivity index (χ0v) is 13.7. The van der Waals surface area contributed by atoms with Gasteiger partial charge in [0.1, 0.15) is 0 Å². The molecule has 3 aliphatic rings. The van der Waals surface area contributed by atoms with Crippen LogP contribution in [0.15, 0.2) is 70.9 Å². The summed E-state index contributed by atoms with van der Waals surface area (Å²) in [6.45, 7) is 0. The molecule has 0 fully saturated rings. The minimum absolute atomic E-state index is 0.0909. The van der Waals surface area contributed by atoms with E-state index >= 15 is 0 Å². The molecule has 2 aliphatic carbocycles. The second kappa shape index (κ2) is 5.35. The summed E-state index contributed by atoms with van der Waals surface area (Å²) in [5.41, 5.74) is 5.21. The second-order valence-electron chi connectivity index (χ2n) is 6.91. The zero-order valence-electron chi connectivity index (χ0n) is 13.7. The van der Waals surface area contributed by atoms with Crippen molar-refractivity contribution >= 4 is 17.3 Å². The van der Waals surface area contributed by atoms with E-state index in [1.807, 2.05) is 54.6 Å². The van der Waals surface area contributed by atoms with Gasteiger partial charge in [-0.15, -0.1) is 0 Å². The number of rotatable bonds is 1. The van der Waals surface area contributed by atoms with Gasteiger partial charge in [-0.05, 0) is 18.4 Å². The molecular weight excluding hydrogens is 310 g/mol. The molecular formula is C22H17NO2. The molecule has 0 saturated heterocycles. The molecule has 5 rings (SSSR count). The minimum Gasteiger partial charge on any atom is -0.294 e. The highest BCUT2D eigenvalue weighted by Gasteiger charge is 2.48. The number of fused-ring (bicyclic) bond motifs is 3. The van der Waals surface area contributed by atoms with E-state index in [0.29, 0.717) is 6.42 Å². The highest BCUT2D eigenvalue weighted by molar-refractivity contribution is 6.30. The fourth-order valence-electron chi connectivity index (χ4n) is 4.47. The summed E-state index contributed by atoms with van der Waals surface area (Å²) in [7, 11) is 0. The molecule has 0 spiro atoms. The number of Topliss-reactive ketones (excluding diaryl/α,β-unsaturated/α-hetero) is 2. The van der Waals surface area contributed by atoms with Crippen LogP contribution in [0.4, 0.5) is 0 Å². The quantitative estimate of drug-likeness (QED) is 0.792. The summed E-state index contributed by atoms with van der Waals surface area (Å²) < 4.78 is 0. The van der Waals surface area contributed by atoms with Gasteiger partial charge in [0, 0.05) is 34.7 Å². The third kappa shape index (κ3) is 2.02. The van der Waals surface area contributed by atoms with Gasteiger partial charge in [0.2, 0.25) is 0 Å². The fraction of sp³-hybridized carbons (Fsp3) is 0.227. The molecule has 2 aromatic rings. The van der Waals surface area contributed by atoms with Gasteiger partial charge in [0.25, 0.3) is 0 Å². The Kier molecular flexibility index (Phi) is 3.11. The Morgan fingerprint density at radius 3 is 2.32 bits per heavy atom. The number of ketones is 2. The van der Waals surface area contributed by atoms with E-state index in [2.05, 4.69) is 0 Å². The smallest absolute Gasteiger partial charge is 0.173 e. The van der Waals surface area contributed by atoms with Gasteiger partial charge in [0.15, 0.2) is 11.6 Å². The number of hydrogen-bond acceptors (Lipinski definition) is 3. The van der Waals surface area contributed by atoms with Crippen molar-refractivity contribution < 1.29 is 9.59 Å². The van der Waals surface area contributed by atoms with Gasteiger partial charge in [-0.3, -0.25) is 14.6 Å². The van der Waals surface area contributed by atoms with Gasteiger partial charge in [-0.1, -0.05) is 54.6 Å². The lowest BCUT2D eigenvalue weighted by molar-refractivity contribution is -0.116. The first kappa shape index (κ1) is 14.5. The Morgan fingerprint density at radius 1 is 0.800 bits per heavy atom. The average molecular weight is 327 g/mol. The van der Waals surface area contributed by atoms with E-state index in [1.54, 1.807) is 0 Å². The van der Waals surface area contributed by atoms with E-state index in [4.69, 9.17) is 4.99 Å². The summed E-state index contributed by atoms with van der Waals surface area (Å²) in [5, 5.41) is 0. The normalized spacial score (nSPS) is 24.6. The maximum atomic E-state index is 13.2. The lowest BCUT2D eigenvalue weighted by Crippen LogP contribution is -2.33. The molecule has 1 heterocycles. The molecule has 3 heteroatoms. The Morgan fingerprint density at radius 2 is 1.52 bits per heavy atom. The van der Waals surface area contributed by atoms with Crippen LogP contribution in [0.2, 0.25) is 0 Å². The number of aliphatic imine (C=N–C) groups is 1. The van der Waals surface area contributed by atoms with Gasteiger partial charge in [0.05, 0.1) is 11.6 Å². The van der Waals surface area contributed by atoms with E-state index in [-0.39, 0.29) is 23.4 Å². The SMILES string of the molecule is O=C1CCCC2=C1[C@H](c1ccccc1)[C@H]1C(=O)c3ccccc3C1=N2. The standard InChI is InChI=1S/C22H17NO2/c24-17-12-6-11-16-19(17)18(13-7-2-1-3-8-13)20-21(23-16)14-9-4-5-10-15(14)22(20)25/h1-5,7-10,18,20H,6,11-12H2/t18-,20+/m0/s1. The largest absolute Gasteiger partial charge is 0.294 e. The zero-order chi connectivity index (χ0) is 17.0. The van der Waals surface area contributed by atoms with Crippen LogP contribution in [0.5, 0.6) is 0 Å². The summed E-state index contributed by atoms with van der Waals surface area (Å²) in [6, 6.07) is 17.7. The molecule has 2 aromatic carbocycles. The number of benzene rings is 2. The number of carbonyl (C=O) groups excluding carboxylic acids is 2. The summed E-state index contributed by atoms with van der Waals surface area (Å²) in [5.74, 6) is -0.341. The second-order valence-corrected chi connectivity index (χ2v) is 6.91. The molecule has 0 N–H and O–H groups in total. The Hall–Kier alpha value is -2.81. The van der Waals surface area contributed by atoms with Crippen LogP contribution in [-0.2, 0) is 4.79 Å². The first-order chi connectivity index (χ1) is 12.3. The van der Waals surface area contributed by atoms with Crippen molar-refractivity contribution in [3.05, 3.63) is 82.6 Å². The molecule has 25 heavy (non-hydrogen) atoms. The maximum Gasteiger partial charge on any atom is 0.173 e. The molecule has 0 bridgehead atoms. The van der Waals surface area contributed by atoms with Crippen LogP contribution in [0.1, 0.15) is 46.7 Å². The van der Waals surface area contributed by atoms with Gasteiger partial charge in [-0.25, -0.2) is 0 Å². The average Bonchev–Trinajstić information content (AvgIpc) is 2.94. The van der Waals surface area contributed by atoms with E-state index in [1.165, 1.54) is 0 Å². The van der Waals surface area contributed by atoms with Crippen molar-refractivity contribution in [2.75, 3.05) is 0 Å². The first-order valence-corrected chi connectivity index (χ1v) is 8.79. The van der Waals surface area contributed by atoms with Gasteiger partial charge in [-0.2, -0.15) is 0 Å². The number of hydrogen-bond donors (Lipinski definition) is 0. The maximum absolute atomic E-state index is 13.2. The predicted molar refractivity (Wildman–Crippen MR) is 95.9 cm³/mol. The van der Waals surface area contributed by atoms with Crippen molar-refractivity contribution in [2.24, 2.45) is 10.9 Å². The fourth-order valence-corrected chi connectivity index (χ4v) is 4.47. The monoisotopic (exact) mass is 327 g/mol. The number of carbonyl (C=O) groups is 2. The predicted octanol–water partition coefficient (Wildman–Crippen LogP) is 4.09. The summed E-state index contributed by atoms with van der Waals surface area (Å²) in [4.78, 5) is 30.8. The molecule has 0 aromatic heterocycles. The van der Waals surface area contributed by atoms with Gasteiger partial charge < -0.3 is 0 Å². The lowest BCUT2D eigenvalue weighted by Gasteiger charge is -2.33. The van der Waals surface area contributed by atoms with Crippen molar-refractivity contribution in [3.63, 3.8) is 0 Å². The van der Waals surface area contributed by atoms with Crippen LogP contribution in [0, 0.1) is 5.92 Å². The van der Waals surface area contributed by atoms with Gasteiger partial charge >= 0.3 is 0 Å². The van der Waals surface area contributed by atoms with Crippen LogP contribution in [0.3, 0.4) is 0 Å². The Labute approximate surface area is 146 Å². The molecule has 0 amide bonds. The molecule has 122 valence electrons. The lowest BCUT2D eigenvalue weighted by atomic mass is 9.71. The number of nitrogens with zero attached hydrogens (tertiary/aromatic N) is 1. The van der Waals surface area contributed by atoms with E-state index < -0.39 is 0 Å². The van der Waals surface area contributed by atoms with E-state index in [0.717, 1.165) is 46.5 Å². The highest BCUT2D eigenvalue weighted by atomic mass is 16.1. The Bertz CT molecular complexity index is 969. The van der Waals surface area contributed by atoms with E-state index in [9.17, 15) is 9.59 Å². The molecule has 0 unspecified atom stereocenters. The van der Waals surface area contributed by atoms with Crippen LogP contribution < -0.4 is 0 Å². The first-order valence-electron chi connectivity index (χ1n) is 8.79. The Balaban J connectivity index is 1.78. The molecule has 3 nitrogen and oxygen atoms in total. The van der Waals surface area contributed by atoms with Crippen molar-refractivity contribution in [1.29, 1.82) is 0 Å². The molecule has 0 radical (unpaired) electrons. The van der Waals surface area contributed by atoms with Crippen molar-refractivity contribution in [1.82, 2.24) is 0 Å². The third-order valence-electron chi connectivity index (χ3n) is 5.53. The topological polar surface area (TPSA) is 46.5 Å². The molecule has 0 saturated carbocycles. The van der Waals surface area contributed by atoms with Crippen LogP contribution in [0.25, 0.3) is 0 Å². The van der Waals surface area contributed by atoms with Crippen LogP contribution in [-0.4, -0.2) is 17.3 Å². The summed E-state index contributed by atoms with van der Waals surface area (Å²) >= 11 is 0. The summed E-state index contributed by atoms with van der Waals surface area (Å²) in [6.07, 6.45) is 2.22. The molecule has 1 aliphatic heterocycles. The number of allylic oxidation sites excluding steroid dienone is 2. The third-order valence-corrected chi connectivity index (χ3v) is 5.53.